The first kappa shape index (κ1) is 26.1. The number of fused-ring (bicyclic) bond motifs is 1. The molecule has 1 aromatic heterocycles. The average Bonchev–Trinajstić information content (AvgIpc) is 3.34. The zero-order valence-electron chi connectivity index (χ0n) is 21.3. The lowest BCUT2D eigenvalue weighted by atomic mass is 10.1. The molecule has 1 atom stereocenters. The number of hydrogen-bond donors (Lipinski definition) is 3. The lowest BCUT2D eigenvalue weighted by Crippen LogP contribution is -2.48. The number of aromatic nitrogens is 2. The number of sulfonamides is 1. The topological polar surface area (TPSA) is 129 Å². The molecule has 0 aliphatic carbocycles. The maximum atomic E-state index is 12.9. The van der Waals surface area contributed by atoms with E-state index in [1.807, 2.05) is 22.9 Å². The molecular formula is C25H38N8O3S. The number of nitrogens with one attached hydrogen (secondary N) is 2. The number of nitrogens with zero attached hydrogens (tertiary/aromatic N) is 5. The fourth-order valence-electron chi connectivity index (χ4n) is 5.31. The molecule has 3 aliphatic heterocycles. The van der Waals surface area contributed by atoms with E-state index < -0.39 is 10.0 Å². The maximum absolute atomic E-state index is 12.9. The van der Waals surface area contributed by atoms with E-state index in [-0.39, 0.29) is 11.6 Å². The Bertz CT molecular complexity index is 1220. The molecule has 0 saturated carbocycles. The van der Waals surface area contributed by atoms with Crippen LogP contribution in [0.25, 0.3) is 0 Å². The van der Waals surface area contributed by atoms with E-state index >= 15 is 0 Å². The number of piperazine rings is 2. The number of unbranched alkanes of at least 4 members (excludes halogenated alkanes) is 2. The summed E-state index contributed by atoms with van der Waals surface area (Å²) in [6, 6.07) is 6.98. The molecule has 0 amide bonds. The summed E-state index contributed by atoms with van der Waals surface area (Å²) >= 11 is 0. The predicted molar refractivity (Wildman–Crippen MR) is 144 cm³/mol. The van der Waals surface area contributed by atoms with Crippen molar-refractivity contribution in [3.63, 3.8) is 0 Å². The Morgan fingerprint density at radius 2 is 1.70 bits per heavy atom. The molecule has 2 saturated heterocycles. The minimum absolute atomic E-state index is 0.0801. The highest BCUT2D eigenvalue weighted by atomic mass is 32.2. The van der Waals surface area contributed by atoms with Gasteiger partial charge in [0.25, 0.3) is 5.56 Å². The molecule has 12 heteroatoms. The van der Waals surface area contributed by atoms with E-state index in [1.165, 1.54) is 4.31 Å². The predicted octanol–water partition coefficient (Wildman–Crippen LogP) is 0.255. The molecule has 5 rings (SSSR count). The summed E-state index contributed by atoms with van der Waals surface area (Å²) in [7, 11) is -3.49. The molecule has 3 aliphatic rings. The quantitative estimate of drug-likeness (QED) is 0.391. The van der Waals surface area contributed by atoms with E-state index in [4.69, 9.17) is 5.73 Å². The summed E-state index contributed by atoms with van der Waals surface area (Å²) in [6.45, 7) is 8.26. The van der Waals surface area contributed by atoms with Crippen molar-refractivity contribution >= 4 is 21.7 Å². The summed E-state index contributed by atoms with van der Waals surface area (Å²) in [5.74, 6) is 0.551. The third kappa shape index (κ3) is 5.83. The highest BCUT2D eigenvalue weighted by molar-refractivity contribution is 7.89. The standard InChI is InChI=1S/C25H38N8O3S/c26-8-2-1-3-11-30-14-16-31(17-15-30)23-19-32-18-22(28-25(32)29-24(23)34)20-4-6-21(7-5-20)37(35,36)33-12-9-27-10-13-33/h4-7,19,22,27H,1-3,8-18,26H2,(H,28,29,34). The fraction of sp³-hybridized carbons (Fsp3) is 0.600. The third-order valence-corrected chi connectivity index (χ3v) is 9.46. The second-order valence-corrected chi connectivity index (χ2v) is 11.9. The van der Waals surface area contributed by atoms with Crippen molar-refractivity contribution in [2.24, 2.45) is 5.73 Å². The van der Waals surface area contributed by atoms with Crippen LogP contribution < -0.4 is 26.8 Å². The van der Waals surface area contributed by atoms with Gasteiger partial charge in [0.05, 0.1) is 10.9 Å². The highest BCUT2D eigenvalue weighted by Crippen LogP contribution is 2.29. The second kappa shape index (κ2) is 11.5. The molecule has 0 radical (unpaired) electrons. The van der Waals surface area contributed by atoms with E-state index in [2.05, 4.69) is 25.4 Å². The molecule has 4 heterocycles. The Hall–Kier alpha value is -2.51. The first-order valence-electron chi connectivity index (χ1n) is 13.3. The van der Waals surface area contributed by atoms with Crippen LogP contribution >= 0.6 is 0 Å². The van der Waals surface area contributed by atoms with Gasteiger partial charge in [-0.15, -0.1) is 0 Å². The van der Waals surface area contributed by atoms with Crippen LogP contribution in [0.1, 0.15) is 30.9 Å². The van der Waals surface area contributed by atoms with Crippen LogP contribution in [0.2, 0.25) is 0 Å². The van der Waals surface area contributed by atoms with Crippen LogP contribution in [0.15, 0.2) is 40.2 Å². The fourth-order valence-corrected chi connectivity index (χ4v) is 6.76. The van der Waals surface area contributed by atoms with Crippen molar-refractivity contribution in [1.82, 2.24) is 24.1 Å². The molecule has 2 aromatic rings. The maximum Gasteiger partial charge on any atom is 0.297 e. The van der Waals surface area contributed by atoms with Gasteiger partial charge in [-0.3, -0.25) is 9.69 Å². The first-order valence-corrected chi connectivity index (χ1v) is 14.8. The van der Waals surface area contributed by atoms with Gasteiger partial charge in [0, 0.05) is 65.1 Å². The van der Waals surface area contributed by atoms with Crippen molar-refractivity contribution in [1.29, 1.82) is 0 Å². The average molecular weight is 531 g/mol. The van der Waals surface area contributed by atoms with Crippen molar-refractivity contribution in [2.45, 2.75) is 36.7 Å². The van der Waals surface area contributed by atoms with Gasteiger partial charge in [-0.05, 0) is 43.6 Å². The van der Waals surface area contributed by atoms with E-state index in [0.29, 0.717) is 49.3 Å². The molecule has 37 heavy (non-hydrogen) atoms. The number of anilines is 2. The lowest BCUT2D eigenvalue weighted by molar-refractivity contribution is 0.252. The van der Waals surface area contributed by atoms with Crippen LogP contribution in [-0.2, 0) is 16.6 Å². The van der Waals surface area contributed by atoms with Crippen LogP contribution in [0.3, 0.4) is 0 Å². The molecule has 2 fully saturated rings. The number of hydrogen-bond acceptors (Lipinski definition) is 9. The smallest absolute Gasteiger partial charge is 0.297 e. The van der Waals surface area contributed by atoms with Gasteiger partial charge >= 0.3 is 0 Å². The molecule has 11 nitrogen and oxygen atoms in total. The SMILES string of the molecule is NCCCCCN1CCN(c2cn3c(nc2=O)NC(c2ccc(S(=O)(=O)N4CCNCC4)cc2)C3)CC1. The minimum atomic E-state index is -3.49. The Morgan fingerprint density at radius 3 is 2.41 bits per heavy atom. The molecule has 1 aromatic carbocycles. The van der Waals surface area contributed by atoms with Gasteiger partial charge in [-0.2, -0.15) is 9.29 Å². The summed E-state index contributed by atoms with van der Waals surface area (Å²) in [4.78, 5) is 22.1. The number of nitrogens with two attached hydrogens (primary N) is 1. The van der Waals surface area contributed by atoms with E-state index in [0.717, 1.165) is 64.1 Å². The van der Waals surface area contributed by atoms with Gasteiger partial charge in [0.1, 0.15) is 5.69 Å². The van der Waals surface area contributed by atoms with Gasteiger partial charge in [-0.25, -0.2) is 8.42 Å². The molecule has 0 bridgehead atoms. The van der Waals surface area contributed by atoms with Gasteiger partial charge in [0.15, 0.2) is 0 Å². The highest BCUT2D eigenvalue weighted by Gasteiger charge is 2.28. The van der Waals surface area contributed by atoms with Gasteiger partial charge in [-0.1, -0.05) is 18.6 Å². The monoisotopic (exact) mass is 530 g/mol. The van der Waals surface area contributed by atoms with Crippen molar-refractivity contribution in [3.05, 3.63) is 46.4 Å². The summed E-state index contributed by atoms with van der Waals surface area (Å²) in [5, 5.41) is 6.51. The summed E-state index contributed by atoms with van der Waals surface area (Å²) in [6.07, 6.45) is 5.32. The van der Waals surface area contributed by atoms with Crippen LogP contribution in [0, 0.1) is 0 Å². The van der Waals surface area contributed by atoms with Crippen LogP contribution in [0.5, 0.6) is 0 Å². The second-order valence-electron chi connectivity index (χ2n) is 10.0. The summed E-state index contributed by atoms with van der Waals surface area (Å²) < 4.78 is 29.4. The number of benzene rings is 1. The Kier molecular flexibility index (Phi) is 8.10. The van der Waals surface area contributed by atoms with Crippen LogP contribution in [0.4, 0.5) is 11.6 Å². The van der Waals surface area contributed by atoms with Crippen molar-refractivity contribution < 1.29 is 8.42 Å². The van der Waals surface area contributed by atoms with Crippen molar-refractivity contribution in [2.75, 3.05) is 75.7 Å². The molecule has 202 valence electrons. The van der Waals surface area contributed by atoms with Gasteiger partial charge < -0.3 is 25.8 Å². The summed E-state index contributed by atoms with van der Waals surface area (Å²) in [5.41, 5.74) is 6.97. The molecule has 0 spiro atoms. The van der Waals surface area contributed by atoms with Gasteiger partial charge in [0.2, 0.25) is 16.0 Å². The number of rotatable bonds is 9. The lowest BCUT2D eigenvalue weighted by Gasteiger charge is -2.35. The zero-order valence-corrected chi connectivity index (χ0v) is 22.1. The van der Waals surface area contributed by atoms with Crippen LogP contribution in [-0.4, -0.2) is 92.6 Å². The Morgan fingerprint density at radius 1 is 0.973 bits per heavy atom. The van der Waals surface area contributed by atoms with Crippen molar-refractivity contribution in [3.8, 4) is 0 Å². The zero-order chi connectivity index (χ0) is 25.8. The minimum Gasteiger partial charge on any atom is -0.363 e. The normalized spacial score (nSPS) is 21.1. The Balaban J connectivity index is 1.21. The largest absolute Gasteiger partial charge is 0.363 e. The van der Waals surface area contributed by atoms with E-state index in [1.54, 1.807) is 12.1 Å². The van der Waals surface area contributed by atoms with E-state index in [9.17, 15) is 13.2 Å². The first-order chi connectivity index (χ1) is 18.0. The third-order valence-electron chi connectivity index (χ3n) is 7.55. The Labute approximate surface area is 218 Å². The molecule has 4 N–H and O–H groups in total. The molecule has 1 unspecified atom stereocenters. The molecular weight excluding hydrogens is 492 g/mol.